The number of hydrogen-bond acceptors (Lipinski definition) is 3. The Bertz CT molecular complexity index is 523. The van der Waals surface area contributed by atoms with E-state index in [2.05, 4.69) is 46.4 Å². The Hall–Kier alpha value is -0.450. The molecule has 3 rings (SSSR count). The summed E-state index contributed by atoms with van der Waals surface area (Å²) in [6.07, 6.45) is 0. The predicted octanol–water partition coefficient (Wildman–Crippen LogP) is 3.38. The SMILES string of the molecule is C[C@@H]1CNC[C@H]1c1nc2ccc(Br)cc2s1. The maximum absolute atomic E-state index is 4.74. The molecule has 1 aromatic heterocycles. The monoisotopic (exact) mass is 296 g/mol. The molecule has 0 spiro atoms. The number of fused-ring (bicyclic) bond motifs is 1. The number of hydrogen-bond donors (Lipinski definition) is 1. The van der Waals surface area contributed by atoms with Gasteiger partial charge in [0.05, 0.1) is 15.2 Å². The lowest BCUT2D eigenvalue weighted by Gasteiger charge is -2.09. The van der Waals surface area contributed by atoms with Crippen LogP contribution in [0.4, 0.5) is 0 Å². The molecule has 1 fully saturated rings. The Balaban J connectivity index is 2.04. The first-order valence-corrected chi connectivity index (χ1v) is 7.11. The van der Waals surface area contributed by atoms with Crippen LogP contribution in [-0.2, 0) is 0 Å². The molecule has 0 unspecified atom stereocenters. The fraction of sp³-hybridized carbons (Fsp3) is 0.417. The normalized spacial score (nSPS) is 25.4. The van der Waals surface area contributed by atoms with Gasteiger partial charge >= 0.3 is 0 Å². The average molecular weight is 297 g/mol. The Morgan fingerprint density at radius 2 is 2.31 bits per heavy atom. The summed E-state index contributed by atoms with van der Waals surface area (Å²) in [5, 5.41) is 4.72. The number of nitrogens with one attached hydrogen (secondary N) is 1. The van der Waals surface area contributed by atoms with Crippen LogP contribution in [0.5, 0.6) is 0 Å². The molecule has 84 valence electrons. The van der Waals surface area contributed by atoms with Gasteiger partial charge in [0.25, 0.3) is 0 Å². The van der Waals surface area contributed by atoms with Crippen molar-refractivity contribution >= 4 is 37.5 Å². The fourth-order valence-corrected chi connectivity index (χ4v) is 3.97. The van der Waals surface area contributed by atoms with Gasteiger partial charge < -0.3 is 5.32 Å². The lowest BCUT2D eigenvalue weighted by atomic mass is 9.99. The molecule has 1 N–H and O–H groups in total. The highest BCUT2D eigenvalue weighted by molar-refractivity contribution is 9.10. The summed E-state index contributed by atoms with van der Waals surface area (Å²) in [5.41, 5.74) is 1.13. The molecular formula is C12H13BrN2S. The van der Waals surface area contributed by atoms with E-state index in [4.69, 9.17) is 4.98 Å². The van der Waals surface area contributed by atoms with E-state index in [-0.39, 0.29) is 0 Å². The Labute approximate surface area is 107 Å². The Kier molecular flexibility index (Phi) is 2.73. The quantitative estimate of drug-likeness (QED) is 0.873. The largest absolute Gasteiger partial charge is 0.316 e. The van der Waals surface area contributed by atoms with Gasteiger partial charge in [-0.05, 0) is 30.7 Å². The van der Waals surface area contributed by atoms with Crippen molar-refractivity contribution in [3.05, 3.63) is 27.7 Å². The summed E-state index contributed by atoms with van der Waals surface area (Å²) in [6.45, 7) is 4.49. The third kappa shape index (κ3) is 1.79. The van der Waals surface area contributed by atoms with Crippen molar-refractivity contribution < 1.29 is 0 Å². The van der Waals surface area contributed by atoms with Gasteiger partial charge in [0.15, 0.2) is 0 Å². The van der Waals surface area contributed by atoms with Crippen LogP contribution in [0, 0.1) is 5.92 Å². The highest BCUT2D eigenvalue weighted by Crippen LogP contribution is 2.34. The minimum Gasteiger partial charge on any atom is -0.316 e. The van der Waals surface area contributed by atoms with Crippen molar-refractivity contribution in [2.45, 2.75) is 12.8 Å². The molecule has 1 aliphatic heterocycles. The third-order valence-electron chi connectivity index (χ3n) is 3.20. The van der Waals surface area contributed by atoms with E-state index in [1.165, 1.54) is 9.71 Å². The van der Waals surface area contributed by atoms with E-state index in [0.29, 0.717) is 11.8 Å². The van der Waals surface area contributed by atoms with Crippen LogP contribution < -0.4 is 5.32 Å². The summed E-state index contributed by atoms with van der Waals surface area (Å²) >= 11 is 5.33. The van der Waals surface area contributed by atoms with E-state index in [1.807, 2.05) is 11.3 Å². The molecule has 2 atom stereocenters. The van der Waals surface area contributed by atoms with Crippen LogP contribution in [-0.4, -0.2) is 18.1 Å². The molecular weight excluding hydrogens is 284 g/mol. The fourth-order valence-electron chi connectivity index (χ4n) is 2.22. The molecule has 16 heavy (non-hydrogen) atoms. The number of rotatable bonds is 1. The zero-order chi connectivity index (χ0) is 11.1. The van der Waals surface area contributed by atoms with Crippen molar-refractivity contribution in [3.8, 4) is 0 Å². The summed E-state index contributed by atoms with van der Waals surface area (Å²) in [7, 11) is 0. The minimum absolute atomic E-state index is 0.594. The van der Waals surface area contributed by atoms with Crippen LogP contribution in [0.1, 0.15) is 17.8 Å². The van der Waals surface area contributed by atoms with Crippen LogP contribution in [0.15, 0.2) is 22.7 Å². The molecule has 2 aromatic rings. The van der Waals surface area contributed by atoms with Crippen LogP contribution in [0.2, 0.25) is 0 Å². The second-order valence-corrected chi connectivity index (χ2v) is 6.38. The molecule has 0 amide bonds. The number of benzene rings is 1. The lowest BCUT2D eigenvalue weighted by molar-refractivity contribution is 0.570. The van der Waals surface area contributed by atoms with Crippen molar-refractivity contribution in [1.29, 1.82) is 0 Å². The minimum atomic E-state index is 0.594. The maximum Gasteiger partial charge on any atom is 0.0985 e. The summed E-state index contributed by atoms with van der Waals surface area (Å²) in [4.78, 5) is 4.74. The number of nitrogens with zero attached hydrogens (tertiary/aromatic N) is 1. The van der Waals surface area contributed by atoms with Crippen molar-refractivity contribution in [1.82, 2.24) is 10.3 Å². The molecule has 0 saturated carbocycles. The van der Waals surface area contributed by atoms with Gasteiger partial charge in [-0.2, -0.15) is 0 Å². The zero-order valence-electron chi connectivity index (χ0n) is 9.03. The van der Waals surface area contributed by atoms with Gasteiger partial charge in [0, 0.05) is 16.9 Å². The molecule has 1 aliphatic rings. The van der Waals surface area contributed by atoms with E-state index in [0.717, 1.165) is 23.1 Å². The van der Waals surface area contributed by atoms with Crippen LogP contribution in [0.25, 0.3) is 10.2 Å². The summed E-state index contributed by atoms with van der Waals surface area (Å²) < 4.78 is 2.41. The molecule has 1 saturated heterocycles. The number of thiazole rings is 1. The average Bonchev–Trinajstić information content (AvgIpc) is 2.82. The third-order valence-corrected chi connectivity index (χ3v) is 4.85. The van der Waals surface area contributed by atoms with E-state index < -0.39 is 0 Å². The summed E-state index contributed by atoms with van der Waals surface area (Å²) in [6, 6.07) is 6.30. The van der Waals surface area contributed by atoms with Crippen molar-refractivity contribution in [2.24, 2.45) is 5.92 Å². The molecule has 0 aliphatic carbocycles. The van der Waals surface area contributed by atoms with Crippen LogP contribution in [0.3, 0.4) is 0 Å². The van der Waals surface area contributed by atoms with E-state index >= 15 is 0 Å². The van der Waals surface area contributed by atoms with E-state index in [1.54, 1.807) is 0 Å². The molecule has 2 heterocycles. The van der Waals surface area contributed by atoms with Crippen LogP contribution >= 0.6 is 27.3 Å². The van der Waals surface area contributed by atoms with Gasteiger partial charge in [-0.15, -0.1) is 11.3 Å². The van der Waals surface area contributed by atoms with Crippen molar-refractivity contribution in [3.63, 3.8) is 0 Å². The smallest absolute Gasteiger partial charge is 0.0985 e. The highest BCUT2D eigenvalue weighted by atomic mass is 79.9. The second-order valence-electron chi connectivity index (χ2n) is 4.41. The van der Waals surface area contributed by atoms with Gasteiger partial charge in [0.2, 0.25) is 0 Å². The van der Waals surface area contributed by atoms with Gasteiger partial charge in [-0.3, -0.25) is 0 Å². The zero-order valence-corrected chi connectivity index (χ0v) is 11.4. The first kappa shape index (κ1) is 10.7. The standard InChI is InChI=1S/C12H13BrN2S/c1-7-5-14-6-9(7)12-15-10-3-2-8(13)4-11(10)16-12/h2-4,7,9,14H,5-6H2,1H3/t7-,9-/m1/s1. The Morgan fingerprint density at radius 3 is 3.06 bits per heavy atom. The van der Waals surface area contributed by atoms with E-state index in [9.17, 15) is 0 Å². The number of aromatic nitrogens is 1. The second kappa shape index (κ2) is 4.09. The summed E-state index contributed by atoms with van der Waals surface area (Å²) in [5.74, 6) is 1.29. The predicted molar refractivity (Wildman–Crippen MR) is 72.1 cm³/mol. The lowest BCUT2D eigenvalue weighted by Crippen LogP contribution is -2.07. The molecule has 4 heteroatoms. The topological polar surface area (TPSA) is 24.9 Å². The van der Waals surface area contributed by atoms with Gasteiger partial charge in [-0.25, -0.2) is 4.98 Å². The maximum atomic E-state index is 4.74. The first-order valence-electron chi connectivity index (χ1n) is 5.51. The first-order chi connectivity index (χ1) is 7.74. The van der Waals surface area contributed by atoms with Gasteiger partial charge in [-0.1, -0.05) is 22.9 Å². The van der Waals surface area contributed by atoms with Gasteiger partial charge in [0.1, 0.15) is 0 Å². The highest BCUT2D eigenvalue weighted by Gasteiger charge is 2.27. The molecule has 1 aromatic carbocycles. The Morgan fingerprint density at radius 1 is 1.44 bits per heavy atom. The molecule has 2 nitrogen and oxygen atoms in total. The molecule has 0 bridgehead atoms. The molecule has 0 radical (unpaired) electrons. The number of halogens is 1. The van der Waals surface area contributed by atoms with Crippen molar-refractivity contribution in [2.75, 3.05) is 13.1 Å².